The number of rotatable bonds is 3. The van der Waals surface area contributed by atoms with Gasteiger partial charge in [-0.15, -0.1) is 0 Å². The van der Waals surface area contributed by atoms with Crippen LogP contribution in [0.5, 0.6) is 0 Å². The highest BCUT2D eigenvalue weighted by Crippen LogP contribution is 2.30. The molecule has 1 amide bonds. The van der Waals surface area contributed by atoms with Crippen LogP contribution in [0.3, 0.4) is 0 Å². The molecular weight excluding hydrogens is 386 g/mol. The Morgan fingerprint density at radius 2 is 1.92 bits per heavy atom. The Hall–Kier alpha value is -2.02. The number of aromatic amines is 1. The summed E-state index contributed by atoms with van der Waals surface area (Å²) in [5.41, 5.74) is 3.35. The van der Waals surface area contributed by atoms with Crippen molar-refractivity contribution in [1.29, 1.82) is 0 Å². The molecule has 4 rings (SSSR count). The number of nitrogens with zero attached hydrogens (tertiary/aromatic N) is 2. The molecule has 2 unspecified atom stereocenters. The van der Waals surface area contributed by atoms with Crippen molar-refractivity contribution in [3.63, 3.8) is 0 Å². The highest BCUT2D eigenvalue weighted by Gasteiger charge is 2.33. The minimum atomic E-state index is -0.520. The van der Waals surface area contributed by atoms with Crippen molar-refractivity contribution >= 4 is 38.3 Å². The zero-order valence-electron chi connectivity index (χ0n) is 13.8. The van der Waals surface area contributed by atoms with Gasteiger partial charge >= 0.3 is 0 Å². The molecule has 2 heterocycles. The molecule has 1 aromatic heterocycles. The molecule has 132 valence electrons. The van der Waals surface area contributed by atoms with Gasteiger partial charge in [0.15, 0.2) is 0 Å². The van der Waals surface area contributed by atoms with E-state index in [1.807, 2.05) is 30.3 Å². The second-order valence-electron chi connectivity index (χ2n) is 6.13. The van der Waals surface area contributed by atoms with Crippen molar-refractivity contribution in [2.45, 2.75) is 5.92 Å². The SMILES string of the molecule is O=C(c1cn[nH]c1-c1ccc(Cl)cc1)N1CC(c2ccccc2)CS1=S. The van der Waals surface area contributed by atoms with Crippen molar-refractivity contribution in [3.8, 4) is 11.3 Å². The summed E-state index contributed by atoms with van der Waals surface area (Å²) in [5.74, 6) is 1.03. The van der Waals surface area contributed by atoms with Crippen LogP contribution in [0.25, 0.3) is 11.3 Å². The zero-order valence-corrected chi connectivity index (χ0v) is 16.2. The van der Waals surface area contributed by atoms with Gasteiger partial charge in [-0.25, -0.2) is 0 Å². The maximum Gasteiger partial charge on any atom is 0.267 e. The molecule has 26 heavy (non-hydrogen) atoms. The molecule has 0 radical (unpaired) electrons. The number of nitrogens with one attached hydrogen (secondary N) is 1. The molecule has 1 fully saturated rings. The standard InChI is InChI=1S/C19H16ClN3OS2/c20-16-8-6-14(7-9-16)18-17(10-21-22-18)19(24)23-11-15(12-26(23)25)13-4-2-1-3-5-13/h1-10,15H,11-12H2,(H,21,22). The minimum absolute atomic E-state index is 0.0690. The van der Waals surface area contributed by atoms with Gasteiger partial charge in [-0.2, -0.15) is 5.10 Å². The second-order valence-corrected chi connectivity index (χ2v) is 9.14. The fraction of sp³-hybridized carbons (Fsp3) is 0.158. The normalized spacial score (nSPS) is 19.7. The van der Waals surface area contributed by atoms with Gasteiger partial charge in [-0.1, -0.05) is 54.1 Å². The lowest BCUT2D eigenvalue weighted by atomic mass is 10.0. The molecule has 1 aliphatic rings. The molecular formula is C19H16ClN3OS2. The molecule has 1 N–H and O–H groups in total. The summed E-state index contributed by atoms with van der Waals surface area (Å²) in [6.07, 6.45) is 1.58. The Bertz CT molecular complexity index is 956. The van der Waals surface area contributed by atoms with Crippen LogP contribution in [0.1, 0.15) is 21.8 Å². The van der Waals surface area contributed by atoms with Gasteiger partial charge in [0.05, 0.1) is 17.5 Å². The molecule has 2 atom stereocenters. The molecule has 1 aliphatic heterocycles. The lowest BCUT2D eigenvalue weighted by Crippen LogP contribution is -2.29. The Morgan fingerprint density at radius 1 is 1.19 bits per heavy atom. The van der Waals surface area contributed by atoms with E-state index in [0.29, 0.717) is 22.8 Å². The summed E-state index contributed by atoms with van der Waals surface area (Å²) < 4.78 is 1.80. The van der Waals surface area contributed by atoms with Crippen LogP contribution in [-0.4, -0.2) is 32.7 Å². The molecule has 1 saturated heterocycles. The highest BCUT2D eigenvalue weighted by atomic mass is 35.5. The molecule has 0 aliphatic carbocycles. The van der Waals surface area contributed by atoms with Gasteiger partial charge in [0.2, 0.25) is 0 Å². The monoisotopic (exact) mass is 401 g/mol. The average molecular weight is 402 g/mol. The van der Waals surface area contributed by atoms with E-state index < -0.39 is 9.64 Å². The van der Waals surface area contributed by atoms with Crippen LogP contribution in [0, 0.1) is 0 Å². The van der Waals surface area contributed by atoms with E-state index in [-0.39, 0.29) is 11.8 Å². The van der Waals surface area contributed by atoms with Crippen molar-refractivity contribution in [2.24, 2.45) is 0 Å². The number of hydrogen-bond donors (Lipinski definition) is 1. The summed E-state index contributed by atoms with van der Waals surface area (Å²) in [5, 5.41) is 7.66. The smallest absolute Gasteiger partial charge is 0.267 e. The molecule has 3 aromatic rings. The number of aromatic nitrogens is 2. The first kappa shape index (κ1) is 17.4. The number of carbonyl (C=O) groups excluding carboxylic acids is 1. The van der Waals surface area contributed by atoms with E-state index in [0.717, 1.165) is 11.3 Å². The Kier molecular flexibility index (Phi) is 4.89. The predicted molar refractivity (Wildman–Crippen MR) is 109 cm³/mol. The number of benzene rings is 2. The fourth-order valence-corrected chi connectivity index (χ4v) is 5.58. The number of halogens is 1. The van der Waals surface area contributed by atoms with E-state index in [9.17, 15) is 4.79 Å². The number of carbonyl (C=O) groups is 1. The molecule has 7 heteroatoms. The lowest BCUT2D eigenvalue weighted by Gasteiger charge is -2.17. The van der Waals surface area contributed by atoms with Crippen LogP contribution >= 0.6 is 11.6 Å². The van der Waals surface area contributed by atoms with Crippen LogP contribution in [0.2, 0.25) is 5.02 Å². The lowest BCUT2D eigenvalue weighted by molar-refractivity contribution is 0.0875. The highest BCUT2D eigenvalue weighted by molar-refractivity contribution is 8.27. The molecule has 4 nitrogen and oxygen atoms in total. The third-order valence-corrected chi connectivity index (χ3v) is 7.17. The first-order valence-electron chi connectivity index (χ1n) is 8.18. The van der Waals surface area contributed by atoms with E-state index >= 15 is 0 Å². The number of H-pyrrole nitrogens is 1. The van der Waals surface area contributed by atoms with Crippen molar-refractivity contribution < 1.29 is 4.79 Å². The van der Waals surface area contributed by atoms with Crippen LogP contribution in [0.4, 0.5) is 0 Å². The van der Waals surface area contributed by atoms with E-state index in [1.54, 1.807) is 22.6 Å². The van der Waals surface area contributed by atoms with E-state index in [2.05, 4.69) is 22.3 Å². The van der Waals surface area contributed by atoms with Gasteiger partial charge in [0.25, 0.3) is 5.91 Å². The van der Waals surface area contributed by atoms with Gasteiger partial charge in [0, 0.05) is 28.8 Å². The summed E-state index contributed by atoms with van der Waals surface area (Å²) in [6, 6.07) is 17.6. The largest absolute Gasteiger partial charge is 0.279 e. The topological polar surface area (TPSA) is 49.0 Å². The molecule has 0 spiro atoms. The summed E-state index contributed by atoms with van der Waals surface area (Å²) in [6.45, 7) is 0.640. The molecule has 2 aromatic carbocycles. The van der Waals surface area contributed by atoms with Gasteiger partial charge in [-0.05, 0) is 38.5 Å². The van der Waals surface area contributed by atoms with E-state index in [1.165, 1.54) is 5.56 Å². The minimum Gasteiger partial charge on any atom is -0.279 e. The first-order valence-corrected chi connectivity index (χ1v) is 10.8. The Balaban J connectivity index is 1.60. The van der Waals surface area contributed by atoms with Crippen LogP contribution < -0.4 is 0 Å². The quantitative estimate of drug-likeness (QED) is 0.722. The van der Waals surface area contributed by atoms with Gasteiger partial charge < -0.3 is 0 Å². The third kappa shape index (κ3) is 3.32. The summed E-state index contributed by atoms with van der Waals surface area (Å²) >= 11 is 11.6. The van der Waals surface area contributed by atoms with Crippen molar-refractivity contribution in [1.82, 2.24) is 14.5 Å². The fourth-order valence-electron chi connectivity index (χ4n) is 3.12. The maximum absolute atomic E-state index is 13.1. The summed E-state index contributed by atoms with van der Waals surface area (Å²) in [4.78, 5) is 13.1. The zero-order chi connectivity index (χ0) is 18.1. The van der Waals surface area contributed by atoms with Gasteiger partial charge in [0.1, 0.15) is 0 Å². The number of hydrogen-bond acceptors (Lipinski definition) is 3. The Labute approximate surface area is 163 Å². The van der Waals surface area contributed by atoms with Crippen molar-refractivity contribution in [2.75, 3.05) is 12.3 Å². The van der Waals surface area contributed by atoms with E-state index in [4.69, 9.17) is 22.8 Å². The molecule has 0 bridgehead atoms. The predicted octanol–water partition coefficient (Wildman–Crippen LogP) is 3.96. The first-order chi connectivity index (χ1) is 12.6. The van der Waals surface area contributed by atoms with Crippen LogP contribution in [0.15, 0.2) is 60.8 Å². The second kappa shape index (κ2) is 7.31. The molecule has 0 saturated carbocycles. The van der Waals surface area contributed by atoms with Gasteiger partial charge in [-0.3, -0.25) is 14.2 Å². The third-order valence-electron chi connectivity index (χ3n) is 4.48. The Morgan fingerprint density at radius 3 is 2.65 bits per heavy atom. The average Bonchev–Trinajstić information content (AvgIpc) is 3.29. The number of amides is 1. The van der Waals surface area contributed by atoms with Crippen molar-refractivity contribution in [3.05, 3.63) is 76.9 Å². The summed E-state index contributed by atoms with van der Waals surface area (Å²) in [7, 11) is -0.520. The maximum atomic E-state index is 13.1. The van der Waals surface area contributed by atoms with Crippen LogP contribution in [-0.2, 0) is 20.8 Å².